The van der Waals surface area contributed by atoms with Crippen LogP contribution in [-0.2, 0) is 6.54 Å². The Kier molecular flexibility index (Phi) is 4.31. The lowest BCUT2D eigenvalue weighted by Gasteiger charge is -2.09. The van der Waals surface area contributed by atoms with E-state index < -0.39 is 11.6 Å². The second kappa shape index (κ2) is 5.96. The predicted octanol–water partition coefficient (Wildman–Crippen LogP) is 3.17. The summed E-state index contributed by atoms with van der Waals surface area (Å²) in [7, 11) is 0. The van der Waals surface area contributed by atoms with Crippen molar-refractivity contribution in [3.05, 3.63) is 41.5 Å². The molecule has 1 aromatic carbocycles. The molecule has 1 saturated carbocycles. The number of nitrogens with one attached hydrogen (secondary N) is 1. The van der Waals surface area contributed by atoms with Gasteiger partial charge < -0.3 is 10.1 Å². The maximum absolute atomic E-state index is 13.7. The fraction of sp³-hybridized carbons (Fsp3) is 0.429. The molecule has 0 amide bonds. The smallest absolute Gasteiger partial charge is 0.191 e. The van der Waals surface area contributed by atoms with Crippen LogP contribution in [-0.4, -0.2) is 12.6 Å². The second-order valence-corrected chi connectivity index (χ2v) is 4.42. The van der Waals surface area contributed by atoms with Gasteiger partial charge in [-0.05, 0) is 37.5 Å². The average molecular weight is 253 g/mol. The molecule has 0 aromatic heterocycles. The van der Waals surface area contributed by atoms with E-state index in [1.165, 1.54) is 12.1 Å². The topological polar surface area (TPSA) is 21.3 Å². The average Bonchev–Trinajstić information content (AvgIpc) is 3.14. The summed E-state index contributed by atoms with van der Waals surface area (Å²) in [6.07, 6.45) is 5.76. The van der Waals surface area contributed by atoms with Crippen molar-refractivity contribution in [2.24, 2.45) is 0 Å². The second-order valence-electron chi connectivity index (χ2n) is 4.42. The Morgan fingerprint density at radius 3 is 2.56 bits per heavy atom. The molecule has 0 aliphatic heterocycles. The lowest BCUT2D eigenvalue weighted by molar-refractivity contribution is 0.320. The van der Waals surface area contributed by atoms with Crippen LogP contribution in [0.5, 0.6) is 5.75 Å². The summed E-state index contributed by atoms with van der Waals surface area (Å²) >= 11 is 0. The number of halogens is 2. The number of rotatable bonds is 6. The van der Waals surface area contributed by atoms with Gasteiger partial charge in [0.15, 0.2) is 17.4 Å². The number of hydrogen-bond donors (Lipinski definition) is 1. The van der Waals surface area contributed by atoms with Crippen LogP contribution in [0.2, 0.25) is 0 Å². The molecule has 0 saturated heterocycles. The first-order chi connectivity index (χ1) is 8.70. The van der Waals surface area contributed by atoms with Gasteiger partial charge in [0, 0.05) is 12.6 Å². The van der Waals surface area contributed by atoms with Crippen LogP contribution in [0.15, 0.2) is 24.3 Å². The highest BCUT2D eigenvalue weighted by Crippen LogP contribution is 2.24. The van der Waals surface area contributed by atoms with Gasteiger partial charge in [-0.15, -0.1) is 0 Å². The van der Waals surface area contributed by atoms with Crippen molar-refractivity contribution in [1.29, 1.82) is 0 Å². The van der Waals surface area contributed by atoms with E-state index in [4.69, 9.17) is 4.74 Å². The van der Waals surface area contributed by atoms with E-state index in [-0.39, 0.29) is 12.4 Å². The lowest BCUT2D eigenvalue weighted by Crippen LogP contribution is -2.15. The van der Waals surface area contributed by atoms with Crippen LogP contribution in [0.3, 0.4) is 0 Å². The van der Waals surface area contributed by atoms with Gasteiger partial charge in [0.05, 0.1) is 0 Å². The first-order valence-electron chi connectivity index (χ1n) is 6.16. The highest BCUT2D eigenvalue weighted by atomic mass is 19.1. The molecule has 0 bridgehead atoms. The number of ether oxygens (including phenoxy) is 1. The highest BCUT2D eigenvalue weighted by molar-refractivity contribution is 5.31. The normalized spacial score (nSPS) is 15.3. The monoisotopic (exact) mass is 253 g/mol. The zero-order valence-electron chi connectivity index (χ0n) is 10.4. The minimum absolute atomic E-state index is 0.171. The van der Waals surface area contributed by atoms with Gasteiger partial charge in [0.25, 0.3) is 0 Å². The molecule has 4 heteroatoms. The summed E-state index contributed by atoms with van der Waals surface area (Å²) in [5.74, 6) is -1.59. The zero-order valence-corrected chi connectivity index (χ0v) is 10.4. The van der Waals surface area contributed by atoms with Crippen LogP contribution >= 0.6 is 0 Å². The Morgan fingerprint density at radius 1 is 1.33 bits per heavy atom. The van der Waals surface area contributed by atoms with Crippen molar-refractivity contribution >= 4 is 0 Å². The van der Waals surface area contributed by atoms with E-state index in [1.54, 1.807) is 12.2 Å². The van der Waals surface area contributed by atoms with Gasteiger partial charge in [-0.25, -0.2) is 8.78 Å². The van der Waals surface area contributed by atoms with Crippen molar-refractivity contribution in [2.75, 3.05) is 6.61 Å². The standard InChI is InChI=1S/C14H17F2NO/c1-2-3-6-18-14-12(15)7-10(8-13(14)16)9-17-11-4-5-11/h2-3,7-8,11,17H,4-6,9H2,1H3. The molecule has 1 aromatic rings. The summed E-state index contributed by atoms with van der Waals surface area (Å²) in [5.41, 5.74) is 0.607. The van der Waals surface area contributed by atoms with Gasteiger partial charge in [-0.2, -0.15) is 0 Å². The fourth-order valence-electron chi connectivity index (χ4n) is 1.63. The Balaban J connectivity index is 2.01. The summed E-state index contributed by atoms with van der Waals surface area (Å²) < 4.78 is 32.4. The lowest BCUT2D eigenvalue weighted by atomic mass is 10.2. The van der Waals surface area contributed by atoms with Gasteiger partial charge in [0.1, 0.15) is 6.61 Å². The Bertz CT molecular complexity index is 418. The van der Waals surface area contributed by atoms with Crippen LogP contribution < -0.4 is 10.1 Å². The van der Waals surface area contributed by atoms with E-state index in [1.807, 2.05) is 6.92 Å². The van der Waals surface area contributed by atoms with Crippen LogP contribution in [0, 0.1) is 11.6 Å². The Hall–Kier alpha value is -1.42. The third kappa shape index (κ3) is 3.53. The third-order valence-electron chi connectivity index (χ3n) is 2.79. The van der Waals surface area contributed by atoms with E-state index in [2.05, 4.69) is 5.32 Å². The molecular formula is C14H17F2NO. The minimum Gasteiger partial charge on any atom is -0.483 e. The molecule has 0 unspecified atom stereocenters. The SMILES string of the molecule is CC=CCOc1c(F)cc(CNC2CC2)cc1F. The number of hydrogen-bond acceptors (Lipinski definition) is 2. The van der Waals surface area contributed by atoms with E-state index in [9.17, 15) is 8.78 Å². The molecule has 1 aliphatic rings. The largest absolute Gasteiger partial charge is 0.483 e. The molecule has 0 spiro atoms. The highest BCUT2D eigenvalue weighted by Gasteiger charge is 2.20. The van der Waals surface area contributed by atoms with Crippen molar-refractivity contribution in [3.8, 4) is 5.75 Å². The minimum atomic E-state index is -0.646. The van der Waals surface area contributed by atoms with Crippen LogP contribution in [0.25, 0.3) is 0 Å². The number of benzene rings is 1. The fourth-order valence-corrected chi connectivity index (χ4v) is 1.63. The summed E-state index contributed by atoms with van der Waals surface area (Å²) in [5, 5.41) is 3.21. The van der Waals surface area contributed by atoms with E-state index in [0.717, 1.165) is 12.8 Å². The van der Waals surface area contributed by atoms with Crippen molar-refractivity contribution in [3.63, 3.8) is 0 Å². The predicted molar refractivity (Wildman–Crippen MR) is 66.5 cm³/mol. The van der Waals surface area contributed by atoms with Gasteiger partial charge in [-0.1, -0.05) is 12.2 Å². The summed E-state index contributed by atoms with van der Waals surface area (Å²) in [4.78, 5) is 0. The van der Waals surface area contributed by atoms with Crippen molar-refractivity contribution < 1.29 is 13.5 Å². The van der Waals surface area contributed by atoms with Crippen molar-refractivity contribution in [1.82, 2.24) is 5.32 Å². The van der Waals surface area contributed by atoms with Gasteiger partial charge in [-0.3, -0.25) is 0 Å². The first-order valence-corrected chi connectivity index (χ1v) is 6.16. The molecule has 0 heterocycles. The maximum Gasteiger partial charge on any atom is 0.191 e. The van der Waals surface area contributed by atoms with Gasteiger partial charge >= 0.3 is 0 Å². The van der Waals surface area contributed by atoms with E-state index in [0.29, 0.717) is 18.2 Å². The molecule has 0 radical (unpaired) electrons. The zero-order chi connectivity index (χ0) is 13.0. The third-order valence-corrected chi connectivity index (χ3v) is 2.79. The molecule has 1 fully saturated rings. The Labute approximate surface area is 106 Å². The molecule has 0 atom stereocenters. The van der Waals surface area contributed by atoms with E-state index >= 15 is 0 Å². The molecule has 2 rings (SSSR count). The molecule has 1 aliphatic carbocycles. The quantitative estimate of drug-likeness (QED) is 0.786. The summed E-state index contributed by atoms with van der Waals surface area (Å²) in [6.45, 7) is 2.49. The molecule has 1 N–H and O–H groups in total. The molecule has 98 valence electrons. The Morgan fingerprint density at radius 2 is 2.00 bits per heavy atom. The molecule has 2 nitrogen and oxygen atoms in total. The molecule has 18 heavy (non-hydrogen) atoms. The number of allylic oxidation sites excluding steroid dienone is 1. The summed E-state index contributed by atoms with van der Waals surface area (Å²) in [6, 6.07) is 3.16. The van der Waals surface area contributed by atoms with Crippen LogP contribution in [0.4, 0.5) is 8.78 Å². The van der Waals surface area contributed by atoms with Crippen molar-refractivity contribution in [2.45, 2.75) is 32.4 Å². The van der Waals surface area contributed by atoms with Crippen LogP contribution in [0.1, 0.15) is 25.3 Å². The molecular weight excluding hydrogens is 236 g/mol. The first kappa shape index (κ1) is 13.0. The van der Waals surface area contributed by atoms with Gasteiger partial charge in [0.2, 0.25) is 0 Å². The maximum atomic E-state index is 13.7.